The van der Waals surface area contributed by atoms with Gasteiger partial charge >= 0.3 is 0 Å². The van der Waals surface area contributed by atoms with Gasteiger partial charge in [0, 0.05) is 23.5 Å². The van der Waals surface area contributed by atoms with Crippen molar-refractivity contribution in [3.8, 4) is 0 Å². The number of benzene rings is 1. The van der Waals surface area contributed by atoms with Gasteiger partial charge in [-0.3, -0.25) is 4.79 Å². The summed E-state index contributed by atoms with van der Waals surface area (Å²) in [4.78, 5) is 12.9. The molecule has 1 nitrogen and oxygen atoms in total. The van der Waals surface area contributed by atoms with Gasteiger partial charge in [-0.15, -0.1) is 11.8 Å². The van der Waals surface area contributed by atoms with E-state index in [9.17, 15) is 4.79 Å². The average molecular weight is 234 g/mol. The summed E-state index contributed by atoms with van der Waals surface area (Å²) < 4.78 is 0. The molecule has 0 aliphatic carbocycles. The van der Waals surface area contributed by atoms with Gasteiger partial charge in [0.1, 0.15) is 5.78 Å². The zero-order chi connectivity index (χ0) is 11.4. The lowest BCUT2D eigenvalue weighted by molar-refractivity contribution is -0.119. The Kier molecular flexibility index (Phi) is 4.05. The number of hydrogen-bond acceptors (Lipinski definition) is 2. The molecule has 0 aromatic heterocycles. The van der Waals surface area contributed by atoms with Gasteiger partial charge in [0.15, 0.2) is 0 Å². The zero-order valence-corrected chi connectivity index (χ0v) is 10.6. The first-order valence-electron chi connectivity index (χ1n) is 6.04. The molecular formula is C14H18OS. The molecule has 2 rings (SSSR count). The fourth-order valence-electron chi connectivity index (χ4n) is 2.21. The van der Waals surface area contributed by atoms with Crippen molar-refractivity contribution in [3.05, 3.63) is 29.8 Å². The Morgan fingerprint density at radius 3 is 3.00 bits per heavy atom. The van der Waals surface area contributed by atoms with E-state index in [1.54, 1.807) is 0 Å². The Morgan fingerprint density at radius 1 is 1.38 bits per heavy atom. The highest BCUT2D eigenvalue weighted by Gasteiger charge is 2.22. The largest absolute Gasteiger partial charge is 0.300 e. The Morgan fingerprint density at radius 2 is 2.19 bits per heavy atom. The highest BCUT2D eigenvalue weighted by molar-refractivity contribution is 7.99. The minimum absolute atomic E-state index is 0.428. The molecule has 1 aromatic carbocycles. The van der Waals surface area contributed by atoms with Gasteiger partial charge in [-0.2, -0.15) is 0 Å². The summed E-state index contributed by atoms with van der Waals surface area (Å²) in [5.74, 6) is 2.18. The third kappa shape index (κ3) is 2.67. The molecule has 0 fully saturated rings. The summed E-state index contributed by atoms with van der Waals surface area (Å²) >= 11 is 1.93. The lowest BCUT2D eigenvalue weighted by atomic mass is 9.94. The standard InChI is InChI=1S/C14H18OS/c1-2-5-12(15)9-8-11-10-16-14-7-4-3-6-13(11)14/h3-4,6-7,11H,2,5,8-10H2,1H3. The van der Waals surface area contributed by atoms with E-state index < -0.39 is 0 Å². The van der Waals surface area contributed by atoms with Gasteiger partial charge in [0.25, 0.3) is 0 Å². The van der Waals surface area contributed by atoms with Gasteiger partial charge in [-0.25, -0.2) is 0 Å². The lowest BCUT2D eigenvalue weighted by Crippen LogP contribution is -2.03. The molecule has 1 aliphatic rings. The summed E-state index contributed by atoms with van der Waals surface area (Å²) in [5.41, 5.74) is 1.46. The first-order valence-corrected chi connectivity index (χ1v) is 7.03. The number of ketones is 1. The second-order valence-electron chi connectivity index (χ2n) is 4.37. The van der Waals surface area contributed by atoms with Gasteiger partial charge in [0.05, 0.1) is 0 Å². The lowest BCUT2D eigenvalue weighted by Gasteiger charge is -2.09. The zero-order valence-electron chi connectivity index (χ0n) is 9.74. The molecule has 1 aliphatic heterocycles. The van der Waals surface area contributed by atoms with Crippen LogP contribution in [0.25, 0.3) is 0 Å². The molecule has 1 atom stereocenters. The predicted octanol–water partition coefficient (Wildman–Crippen LogP) is 4.03. The van der Waals surface area contributed by atoms with Crippen LogP contribution < -0.4 is 0 Å². The third-order valence-corrected chi connectivity index (χ3v) is 4.35. The maximum atomic E-state index is 11.5. The van der Waals surface area contributed by atoms with Crippen LogP contribution >= 0.6 is 11.8 Å². The van der Waals surface area contributed by atoms with Gasteiger partial charge in [0.2, 0.25) is 0 Å². The second-order valence-corrected chi connectivity index (χ2v) is 5.43. The highest BCUT2D eigenvalue weighted by Crippen LogP contribution is 2.41. The minimum atomic E-state index is 0.428. The van der Waals surface area contributed by atoms with Crippen molar-refractivity contribution in [3.63, 3.8) is 0 Å². The molecule has 16 heavy (non-hydrogen) atoms. The van der Waals surface area contributed by atoms with Crippen LogP contribution in [0.15, 0.2) is 29.2 Å². The van der Waals surface area contributed by atoms with E-state index in [2.05, 4.69) is 31.2 Å². The van der Waals surface area contributed by atoms with Crippen LogP contribution in [-0.4, -0.2) is 11.5 Å². The van der Waals surface area contributed by atoms with Crippen LogP contribution in [0, 0.1) is 0 Å². The van der Waals surface area contributed by atoms with Crippen molar-refractivity contribution in [1.29, 1.82) is 0 Å². The maximum Gasteiger partial charge on any atom is 0.132 e. The first-order chi connectivity index (χ1) is 7.81. The fraction of sp³-hybridized carbons (Fsp3) is 0.500. The molecule has 0 radical (unpaired) electrons. The van der Waals surface area contributed by atoms with Crippen molar-refractivity contribution in [1.82, 2.24) is 0 Å². The van der Waals surface area contributed by atoms with E-state index in [0.717, 1.165) is 31.4 Å². The molecule has 0 spiro atoms. The summed E-state index contributed by atoms with van der Waals surface area (Å²) in [6.45, 7) is 2.07. The van der Waals surface area contributed by atoms with Crippen molar-refractivity contribution in [2.45, 2.75) is 43.4 Å². The molecule has 0 saturated carbocycles. The molecule has 0 saturated heterocycles. The quantitative estimate of drug-likeness (QED) is 0.765. The average Bonchev–Trinajstić information content (AvgIpc) is 2.70. The Labute approximate surface area is 102 Å². The summed E-state index contributed by atoms with van der Waals surface area (Å²) in [6, 6.07) is 8.60. The van der Waals surface area contributed by atoms with Crippen LogP contribution in [0.3, 0.4) is 0 Å². The van der Waals surface area contributed by atoms with Crippen LogP contribution in [0.5, 0.6) is 0 Å². The van der Waals surface area contributed by atoms with Crippen molar-refractivity contribution in [2.75, 3.05) is 5.75 Å². The first kappa shape index (κ1) is 11.7. The number of fused-ring (bicyclic) bond motifs is 1. The Bertz CT molecular complexity index is 373. The van der Waals surface area contributed by atoms with Gasteiger partial charge in [-0.1, -0.05) is 25.1 Å². The molecular weight excluding hydrogens is 216 g/mol. The normalized spacial score (nSPS) is 18.4. The summed E-state index contributed by atoms with van der Waals surface area (Å²) in [6.07, 6.45) is 3.52. The Balaban J connectivity index is 1.91. The van der Waals surface area contributed by atoms with E-state index in [4.69, 9.17) is 0 Å². The van der Waals surface area contributed by atoms with Crippen molar-refractivity contribution in [2.24, 2.45) is 0 Å². The van der Waals surface area contributed by atoms with E-state index in [-0.39, 0.29) is 0 Å². The summed E-state index contributed by atoms with van der Waals surface area (Å²) in [5, 5.41) is 0. The molecule has 0 N–H and O–H groups in total. The number of rotatable bonds is 5. The monoisotopic (exact) mass is 234 g/mol. The number of thioether (sulfide) groups is 1. The summed E-state index contributed by atoms with van der Waals surface area (Å²) in [7, 11) is 0. The van der Waals surface area contributed by atoms with Crippen molar-refractivity contribution < 1.29 is 4.79 Å². The highest BCUT2D eigenvalue weighted by atomic mass is 32.2. The third-order valence-electron chi connectivity index (χ3n) is 3.10. The number of carbonyl (C=O) groups is 1. The molecule has 2 heteroatoms. The predicted molar refractivity (Wildman–Crippen MR) is 69.1 cm³/mol. The number of carbonyl (C=O) groups excluding carboxylic acids is 1. The van der Waals surface area contributed by atoms with E-state index >= 15 is 0 Å². The molecule has 1 heterocycles. The minimum Gasteiger partial charge on any atom is -0.300 e. The molecule has 1 unspecified atom stereocenters. The molecule has 86 valence electrons. The Hall–Kier alpha value is -0.760. The topological polar surface area (TPSA) is 17.1 Å². The molecule has 0 amide bonds. The number of hydrogen-bond donors (Lipinski definition) is 0. The van der Waals surface area contributed by atoms with Crippen LogP contribution in [0.1, 0.15) is 44.1 Å². The van der Waals surface area contributed by atoms with Crippen LogP contribution in [0.4, 0.5) is 0 Å². The fourth-order valence-corrected chi connectivity index (χ4v) is 3.51. The molecule has 0 bridgehead atoms. The van der Waals surface area contributed by atoms with Crippen LogP contribution in [0.2, 0.25) is 0 Å². The smallest absolute Gasteiger partial charge is 0.132 e. The van der Waals surface area contributed by atoms with E-state index in [1.807, 2.05) is 11.8 Å². The molecule has 1 aromatic rings. The van der Waals surface area contributed by atoms with Gasteiger partial charge < -0.3 is 0 Å². The number of Topliss-reactive ketones (excluding diaryl/α,β-unsaturated/α-hetero) is 1. The van der Waals surface area contributed by atoms with E-state index in [0.29, 0.717) is 11.7 Å². The second kappa shape index (κ2) is 5.53. The van der Waals surface area contributed by atoms with E-state index in [1.165, 1.54) is 10.5 Å². The van der Waals surface area contributed by atoms with Gasteiger partial charge in [-0.05, 0) is 30.4 Å². The SMILES string of the molecule is CCCC(=O)CCC1CSc2ccccc21. The van der Waals surface area contributed by atoms with Crippen LogP contribution in [-0.2, 0) is 4.79 Å². The maximum absolute atomic E-state index is 11.5. The van der Waals surface area contributed by atoms with Crippen molar-refractivity contribution >= 4 is 17.5 Å².